The first-order valence-corrected chi connectivity index (χ1v) is 12.2. The number of rotatable bonds is 16. The van der Waals surface area contributed by atoms with Gasteiger partial charge in [0.1, 0.15) is 5.78 Å². The van der Waals surface area contributed by atoms with Crippen molar-refractivity contribution in [2.45, 2.75) is 90.1 Å². The molecule has 0 aromatic rings. The van der Waals surface area contributed by atoms with Gasteiger partial charge in [0, 0.05) is 18.1 Å². The van der Waals surface area contributed by atoms with Crippen LogP contribution in [0.3, 0.4) is 0 Å². The van der Waals surface area contributed by atoms with Crippen LogP contribution in [0.2, 0.25) is 0 Å². The van der Waals surface area contributed by atoms with Crippen molar-refractivity contribution in [2.75, 3.05) is 19.5 Å². The van der Waals surface area contributed by atoms with Crippen molar-refractivity contribution in [3.63, 3.8) is 0 Å². The van der Waals surface area contributed by atoms with Gasteiger partial charge in [0.15, 0.2) is 0 Å². The van der Waals surface area contributed by atoms with E-state index in [-0.39, 0.29) is 24.6 Å². The zero-order valence-electron chi connectivity index (χ0n) is 18.2. The zero-order chi connectivity index (χ0) is 21.5. The fourth-order valence-corrected chi connectivity index (χ4v) is 4.87. The fraction of sp³-hybridized carbons (Fsp3) is 0.826. The van der Waals surface area contributed by atoms with Crippen LogP contribution in [0.1, 0.15) is 84.0 Å². The molecule has 3 atom stereocenters. The highest BCUT2D eigenvalue weighted by atomic mass is 32.2. The maximum Gasteiger partial charge on any atom is 0.343 e. The summed E-state index contributed by atoms with van der Waals surface area (Å²) >= 11 is 1.32. The smallest absolute Gasteiger partial charge is 0.343 e. The molecule has 0 heterocycles. The van der Waals surface area contributed by atoms with E-state index in [9.17, 15) is 14.7 Å². The lowest BCUT2D eigenvalue weighted by Gasteiger charge is -2.19. The Kier molecular flexibility index (Phi) is 14.4. The summed E-state index contributed by atoms with van der Waals surface area (Å²) in [5.74, 6) is 1.19. The molecule has 0 bridgehead atoms. The SMILES string of the molecule is CCCCC(O)CCC[C@H]1CCC(=O)[C@@H]1CCCCC=C(SCCO)C(=O)OC. The Morgan fingerprint density at radius 2 is 2.00 bits per heavy atom. The van der Waals surface area contributed by atoms with Crippen LogP contribution in [-0.2, 0) is 14.3 Å². The number of aliphatic hydroxyl groups is 2. The van der Waals surface area contributed by atoms with E-state index in [2.05, 4.69) is 6.92 Å². The number of thioether (sulfide) groups is 1. The van der Waals surface area contributed by atoms with Crippen LogP contribution in [0.15, 0.2) is 11.0 Å². The van der Waals surface area contributed by atoms with E-state index in [4.69, 9.17) is 9.84 Å². The second kappa shape index (κ2) is 15.9. The second-order valence-electron chi connectivity index (χ2n) is 8.01. The van der Waals surface area contributed by atoms with Crippen molar-refractivity contribution in [2.24, 2.45) is 11.8 Å². The number of carbonyl (C=O) groups excluding carboxylic acids is 2. The summed E-state index contributed by atoms with van der Waals surface area (Å²) < 4.78 is 4.78. The minimum absolute atomic E-state index is 0.0276. The third-order valence-electron chi connectivity index (χ3n) is 5.78. The lowest BCUT2D eigenvalue weighted by molar-refractivity contribution is -0.135. The monoisotopic (exact) mass is 428 g/mol. The van der Waals surface area contributed by atoms with Crippen LogP contribution in [0.25, 0.3) is 0 Å². The van der Waals surface area contributed by atoms with Crippen LogP contribution in [0.4, 0.5) is 0 Å². The summed E-state index contributed by atoms with van der Waals surface area (Å²) in [7, 11) is 1.37. The molecule has 0 radical (unpaired) electrons. The van der Waals surface area contributed by atoms with Gasteiger partial charge >= 0.3 is 5.97 Å². The first-order valence-electron chi connectivity index (χ1n) is 11.3. The van der Waals surface area contributed by atoms with Gasteiger partial charge in [-0.15, -0.1) is 11.8 Å². The molecule has 0 spiro atoms. The first kappa shape index (κ1) is 26.2. The third-order valence-corrected chi connectivity index (χ3v) is 6.81. The predicted octanol–water partition coefficient (Wildman–Crippen LogP) is 4.65. The molecular weight excluding hydrogens is 388 g/mol. The van der Waals surface area contributed by atoms with Crippen molar-refractivity contribution >= 4 is 23.5 Å². The Morgan fingerprint density at radius 1 is 1.24 bits per heavy atom. The van der Waals surface area contributed by atoms with Gasteiger partial charge < -0.3 is 14.9 Å². The number of esters is 1. The zero-order valence-corrected chi connectivity index (χ0v) is 19.1. The van der Waals surface area contributed by atoms with Crippen molar-refractivity contribution < 1.29 is 24.5 Å². The van der Waals surface area contributed by atoms with E-state index in [1.807, 2.05) is 6.08 Å². The predicted molar refractivity (Wildman–Crippen MR) is 119 cm³/mol. The van der Waals surface area contributed by atoms with Gasteiger partial charge in [-0.1, -0.05) is 38.7 Å². The minimum Gasteiger partial charge on any atom is -0.465 e. The molecule has 0 aromatic carbocycles. The number of aliphatic hydroxyl groups excluding tert-OH is 2. The summed E-state index contributed by atoms with van der Waals surface area (Å²) in [5, 5.41) is 18.9. The van der Waals surface area contributed by atoms with Gasteiger partial charge in [-0.25, -0.2) is 4.79 Å². The standard InChI is InChI=1S/C23H40O5S/c1-3-4-10-19(25)11-8-9-18-14-15-21(26)20(18)12-6-5-7-13-22(23(27)28-2)29-17-16-24/h13,18-20,24-25H,3-12,14-17H2,1-2H3/t18-,19?,20+/m0/s1. The van der Waals surface area contributed by atoms with Crippen LogP contribution >= 0.6 is 11.8 Å². The molecule has 168 valence electrons. The lowest BCUT2D eigenvalue weighted by Crippen LogP contribution is -2.16. The molecule has 0 amide bonds. The molecule has 1 fully saturated rings. The van der Waals surface area contributed by atoms with Gasteiger partial charge in [-0.3, -0.25) is 4.79 Å². The second-order valence-corrected chi connectivity index (χ2v) is 9.15. The number of hydrogen-bond donors (Lipinski definition) is 2. The van der Waals surface area contributed by atoms with Crippen molar-refractivity contribution in [1.29, 1.82) is 0 Å². The largest absolute Gasteiger partial charge is 0.465 e. The van der Waals surface area contributed by atoms with Gasteiger partial charge in [-0.2, -0.15) is 0 Å². The average molecular weight is 429 g/mol. The number of unbranched alkanes of at least 4 members (excludes halogenated alkanes) is 3. The maximum absolute atomic E-state index is 12.3. The van der Waals surface area contributed by atoms with E-state index in [0.717, 1.165) is 70.6 Å². The quantitative estimate of drug-likeness (QED) is 0.212. The van der Waals surface area contributed by atoms with Gasteiger partial charge in [-0.05, 0) is 50.9 Å². The summed E-state index contributed by atoms with van der Waals surface area (Å²) in [6.45, 7) is 2.17. The molecule has 2 N–H and O–H groups in total. The number of allylic oxidation sites excluding steroid dienone is 1. The van der Waals surface area contributed by atoms with E-state index in [1.54, 1.807) is 0 Å². The third kappa shape index (κ3) is 10.7. The summed E-state index contributed by atoms with van der Waals surface area (Å²) in [4.78, 5) is 24.6. The van der Waals surface area contributed by atoms with Crippen molar-refractivity contribution in [3.8, 4) is 0 Å². The lowest BCUT2D eigenvalue weighted by atomic mass is 9.86. The Balaban J connectivity index is 2.34. The molecular formula is C23H40O5S. The molecule has 6 heteroatoms. The Labute approximate surface area is 180 Å². The van der Waals surface area contributed by atoms with Crippen molar-refractivity contribution in [1.82, 2.24) is 0 Å². The summed E-state index contributed by atoms with van der Waals surface area (Å²) in [5.41, 5.74) is 0. The number of ether oxygens (including phenoxy) is 1. The topological polar surface area (TPSA) is 83.8 Å². The molecule has 1 aliphatic carbocycles. The molecule has 0 aliphatic heterocycles. The van der Waals surface area contributed by atoms with E-state index >= 15 is 0 Å². The highest BCUT2D eigenvalue weighted by Crippen LogP contribution is 2.36. The van der Waals surface area contributed by atoms with Gasteiger partial charge in [0.2, 0.25) is 0 Å². The summed E-state index contributed by atoms with van der Waals surface area (Å²) in [6.07, 6.45) is 13.0. The number of Topliss-reactive ketones (excluding diaryl/α,β-unsaturated/α-hetero) is 1. The first-order chi connectivity index (χ1) is 14.0. The number of hydrogen-bond acceptors (Lipinski definition) is 6. The van der Waals surface area contributed by atoms with Crippen molar-refractivity contribution in [3.05, 3.63) is 11.0 Å². The van der Waals surface area contributed by atoms with Crippen LogP contribution in [-0.4, -0.2) is 47.5 Å². The molecule has 1 saturated carbocycles. The number of ketones is 1. The van der Waals surface area contributed by atoms with E-state index in [1.165, 1.54) is 18.9 Å². The Bertz CT molecular complexity index is 505. The molecule has 29 heavy (non-hydrogen) atoms. The van der Waals surface area contributed by atoms with E-state index in [0.29, 0.717) is 28.8 Å². The maximum atomic E-state index is 12.3. The van der Waals surface area contributed by atoms with Gasteiger partial charge in [0.05, 0.1) is 24.7 Å². The van der Waals surface area contributed by atoms with E-state index < -0.39 is 0 Å². The molecule has 1 aliphatic rings. The average Bonchev–Trinajstić information content (AvgIpc) is 3.07. The minimum atomic E-state index is -0.351. The molecule has 0 aromatic heterocycles. The molecule has 5 nitrogen and oxygen atoms in total. The molecule has 1 unspecified atom stereocenters. The molecule has 0 saturated heterocycles. The number of methoxy groups -OCH3 is 1. The normalized spacial score (nSPS) is 20.8. The highest BCUT2D eigenvalue weighted by Gasteiger charge is 2.33. The van der Waals surface area contributed by atoms with Gasteiger partial charge in [0.25, 0.3) is 0 Å². The Morgan fingerprint density at radius 3 is 2.69 bits per heavy atom. The van der Waals surface area contributed by atoms with Crippen LogP contribution in [0.5, 0.6) is 0 Å². The summed E-state index contributed by atoms with van der Waals surface area (Å²) in [6, 6.07) is 0. The Hall–Kier alpha value is -0.850. The van der Waals surface area contributed by atoms with Crippen LogP contribution in [0, 0.1) is 11.8 Å². The number of carbonyl (C=O) groups is 2. The fourth-order valence-electron chi connectivity index (χ4n) is 4.12. The molecule has 1 rings (SSSR count). The highest BCUT2D eigenvalue weighted by molar-refractivity contribution is 8.04. The van der Waals surface area contributed by atoms with Crippen LogP contribution < -0.4 is 0 Å².